The second-order valence-corrected chi connectivity index (χ2v) is 4.92. The lowest BCUT2D eigenvalue weighted by molar-refractivity contribution is 0.610. The van der Waals surface area contributed by atoms with E-state index in [0.717, 1.165) is 6.42 Å². The quantitative estimate of drug-likeness (QED) is 0.294. The van der Waals surface area contributed by atoms with Crippen molar-refractivity contribution in [3.05, 3.63) is 18.6 Å². The molecule has 0 bridgehead atoms. The van der Waals surface area contributed by atoms with Crippen LogP contribution >= 0.6 is 0 Å². The minimum Gasteiger partial charge on any atom is -0.0856 e. The van der Waals surface area contributed by atoms with Crippen molar-refractivity contribution in [3.8, 4) is 0 Å². The maximum Gasteiger partial charge on any atom is -0.0323 e. The van der Waals surface area contributed by atoms with Gasteiger partial charge < -0.3 is 0 Å². The fraction of sp³-hybridized carbons (Fsp3) is 0.812. The number of hydrogen-bond donors (Lipinski definition) is 0. The van der Waals surface area contributed by atoms with Crippen LogP contribution in [-0.4, -0.2) is 0 Å². The highest BCUT2D eigenvalue weighted by Crippen LogP contribution is 2.12. The van der Waals surface area contributed by atoms with Crippen LogP contribution in [0.3, 0.4) is 0 Å². The van der Waals surface area contributed by atoms with Crippen LogP contribution < -0.4 is 0 Å². The molecule has 0 spiro atoms. The molecule has 1 radical (unpaired) electrons. The first-order chi connectivity index (χ1) is 7.81. The highest BCUT2D eigenvalue weighted by Gasteiger charge is 1.92. The SMILES string of the molecule is [CH2]CCCCC(C)=CCCCCCCCC. The second-order valence-electron chi connectivity index (χ2n) is 4.92. The summed E-state index contributed by atoms with van der Waals surface area (Å²) in [6.45, 7) is 8.43. The Bertz CT molecular complexity index is 155. The number of allylic oxidation sites excluding steroid dienone is 2. The van der Waals surface area contributed by atoms with Crippen LogP contribution in [0.2, 0.25) is 0 Å². The molecule has 0 nitrogen and oxygen atoms in total. The fourth-order valence-corrected chi connectivity index (χ4v) is 1.96. The van der Waals surface area contributed by atoms with Gasteiger partial charge in [-0.1, -0.05) is 70.4 Å². The summed E-state index contributed by atoms with van der Waals surface area (Å²) in [6, 6.07) is 0. The Labute approximate surface area is 104 Å². The predicted molar refractivity (Wildman–Crippen MR) is 75.6 cm³/mol. The van der Waals surface area contributed by atoms with E-state index in [-0.39, 0.29) is 0 Å². The van der Waals surface area contributed by atoms with Gasteiger partial charge in [0.25, 0.3) is 0 Å². The molecule has 0 N–H and O–H groups in total. The summed E-state index contributed by atoms with van der Waals surface area (Å²) in [5.41, 5.74) is 1.59. The first-order valence-electron chi connectivity index (χ1n) is 7.26. The van der Waals surface area contributed by atoms with Gasteiger partial charge in [0.1, 0.15) is 0 Å². The van der Waals surface area contributed by atoms with E-state index < -0.39 is 0 Å². The van der Waals surface area contributed by atoms with Gasteiger partial charge in [0.2, 0.25) is 0 Å². The van der Waals surface area contributed by atoms with E-state index in [1.54, 1.807) is 5.57 Å². The second kappa shape index (κ2) is 12.8. The van der Waals surface area contributed by atoms with Gasteiger partial charge in [-0.05, 0) is 32.6 Å². The summed E-state index contributed by atoms with van der Waals surface area (Å²) >= 11 is 0. The zero-order chi connectivity index (χ0) is 12.1. The summed E-state index contributed by atoms with van der Waals surface area (Å²) in [7, 11) is 0. The zero-order valence-corrected chi connectivity index (χ0v) is 11.6. The van der Waals surface area contributed by atoms with Gasteiger partial charge in [0.05, 0.1) is 0 Å². The molecule has 0 aromatic rings. The van der Waals surface area contributed by atoms with Gasteiger partial charge in [-0.3, -0.25) is 0 Å². The van der Waals surface area contributed by atoms with Crippen molar-refractivity contribution >= 4 is 0 Å². The molecule has 16 heavy (non-hydrogen) atoms. The molecular weight excluding hydrogens is 192 g/mol. The molecule has 0 aliphatic rings. The van der Waals surface area contributed by atoms with E-state index in [9.17, 15) is 0 Å². The molecule has 0 aliphatic carbocycles. The first-order valence-corrected chi connectivity index (χ1v) is 7.26. The molecule has 0 heterocycles. The molecule has 0 fully saturated rings. The van der Waals surface area contributed by atoms with Crippen LogP contribution in [0.1, 0.15) is 84.5 Å². The molecule has 0 saturated carbocycles. The highest BCUT2D eigenvalue weighted by atomic mass is 14.0. The van der Waals surface area contributed by atoms with E-state index in [4.69, 9.17) is 0 Å². The Balaban J connectivity index is 3.23. The minimum absolute atomic E-state index is 1.09. The van der Waals surface area contributed by atoms with Crippen LogP contribution in [0.5, 0.6) is 0 Å². The van der Waals surface area contributed by atoms with Gasteiger partial charge in [-0.2, -0.15) is 0 Å². The van der Waals surface area contributed by atoms with Crippen LogP contribution in [0, 0.1) is 6.92 Å². The van der Waals surface area contributed by atoms with E-state index in [2.05, 4.69) is 26.8 Å². The van der Waals surface area contributed by atoms with Crippen molar-refractivity contribution in [1.82, 2.24) is 0 Å². The minimum atomic E-state index is 1.09. The lowest BCUT2D eigenvalue weighted by Gasteiger charge is -2.01. The third-order valence-electron chi connectivity index (χ3n) is 3.12. The number of rotatable bonds is 11. The van der Waals surface area contributed by atoms with Crippen LogP contribution in [0.4, 0.5) is 0 Å². The monoisotopic (exact) mass is 223 g/mol. The smallest absolute Gasteiger partial charge is 0.0323 e. The Morgan fingerprint density at radius 1 is 0.938 bits per heavy atom. The molecule has 0 atom stereocenters. The van der Waals surface area contributed by atoms with E-state index >= 15 is 0 Å². The average Bonchev–Trinajstić information content (AvgIpc) is 2.28. The van der Waals surface area contributed by atoms with Crippen molar-refractivity contribution in [2.45, 2.75) is 84.5 Å². The van der Waals surface area contributed by atoms with Gasteiger partial charge in [0, 0.05) is 0 Å². The zero-order valence-electron chi connectivity index (χ0n) is 11.6. The van der Waals surface area contributed by atoms with Gasteiger partial charge >= 0.3 is 0 Å². The molecule has 0 aromatic heterocycles. The molecule has 0 aromatic carbocycles. The number of hydrogen-bond acceptors (Lipinski definition) is 0. The van der Waals surface area contributed by atoms with Crippen molar-refractivity contribution in [2.24, 2.45) is 0 Å². The normalized spacial score (nSPS) is 12.1. The predicted octanol–water partition coefficient (Wildman–Crippen LogP) is 6.08. The standard InChI is InChI=1S/C16H31/c1-4-6-8-9-10-11-13-15-16(3)14-12-7-5-2/h15H,2,4-14H2,1,3H3. The van der Waals surface area contributed by atoms with Crippen LogP contribution in [0.25, 0.3) is 0 Å². The Morgan fingerprint density at radius 3 is 2.31 bits per heavy atom. The molecule has 0 aliphatic heterocycles. The van der Waals surface area contributed by atoms with Gasteiger partial charge in [-0.25, -0.2) is 0 Å². The maximum absolute atomic E-state index is 3.87. The Morgan fingerprint density at radius 2 is 1.62 bits per heavy atom. The molecule has 0 rings (SSSR count). The molecule has 0 unspecified atom stereocenters. The Hall–Kier alpha value is -0.260. The first kappa shape index (κ1) is 15.7. The van der Waals surface area contributed by atoms with Crippen LogP contribution in [-0.2, 0) is 0 Å². The highest BCUT2D eigenvalue weighted by molar-refractivity contribution is 4.97. The van der Waals surface area contributed by atoms with E-state index in [0.29, 0.717) is 0 Å². The molecule has 0 heteroatoms. The van der Waals surface area contributed by atoms with E-state index in [1.807, 2.05) is 0 Å². The summed E-state index contributed by atoms with van der Waals surface area (Å²) < 4.78 is 0. The third-order valence-corrected chi connectivity index (χ3v) is 3.12. The molecule has 0 amide bonds. The lowest BCUT2D eigenvalue weighted by Crippen LogP contribution is -1.81. The van der Waals surface area contributed by atoms with Crippen molar-refractivity contribution in [1.29, 1.82) is 0 Å². The van der Waals surface area contributed by atoms with E-state index in [1.165, 1.54) is 64.2 Å². The molecule has 95 valence electrons. The van der Waals surface area contributed by atoms with Gasteiger partial charge in [-0.15, -0.1) is 0 Å². The molecule has 0 saturated heterocycles. The van der Waals surface area contributed by atoms with Crippen molar-refractivity contribution in [2.75, 3.05) is 0 Å². The van der Waals surface area contributed by atoms with Gasteiger partial charge in [0.15, 0.2) is 0 Å². The van der Waals surface area contributed by atoms with Crippen molar-refractivity contribution < 1.29 is 0 Å². The third kappa shape index (κ3) is 11.8. The topological polar surface area (TPSA) is 0 Å². The van der Waals surface area contributed by atoms with Crippen LogP contribution in [0.15, 0.2) is 11.6 Å². The summed E-state index contributed by atoms with van der Waals surface area (Å²) in [6.07, 6.45) is 17.2. The number of unbranched alkanes of at least 4 members (excludes halogenated alkanes) is 8. The maximum atomic E-state index is 3.87. The average molecular weight is 223 g/mol. The summed E-state index contributed by atoms with van der Waals surface area (Å²) in [5.74, 6) is 0. The molecular formula is C16H31. The lowest BCUT2D eigenvalue weighted by atomic mass is 10.1. The summed E-state index contributed by atoms with van der Waals surface area (Å²) in [5, 5.41) is 0. The largest absolute Gasteiger partial charge is 0.0856 e. The summed E-state index contributed by atoms with van der Waals surface area (Å²) in [4.78, 5) is 0. The fourth-order valence-electron chi connectivity index (χ4n) is 1.96. The van der Waals surface area contributed by atoms with Crippen molar-refractivity contribution in [3.63, 3.8) is 0 Å². The Kier molecular flexibility index (Phi) is 12.6.